The van der Waals surface area contributed by atoms with Crippen molar-refractivity contribution in [1.82, 2.24) is 5.32 Å². The van der Waals surface area contributed by atoms with E-state index in [4.69, 9.17) is 9.47 Å². The van der Waals surface area contributed by atoms with Gasteiger partial charge in [-0.05, 0) is 48.7 Å². The van der Waals surface area contributed by atoms with Crippen molar-refractivity contribution in [2.45, 2.75) is 20.4 Å². The van der Waals surface area contributed by atoms with E-state index in [-0.39, 0.29) is 5.91 Å². The summed E-state index contributed by atoms with van der Waals surface area (Å²) in [5.41, 5.74) is 3.79. The minimum atomic E-state index is -0.0626. The highest BCUT2D eigenvalue weighted by Crippen LogP contribution is 2.32. The van der Waals surface area contributed by atoms with Crippen LogP contribution in [0.15, 0.2) is 36.4 Å². The highest BCUT2D eigenvalue weighted by Gasteiger charge is 2.15. The van der Waals surface area contributed by atoms with E-state index < -0.39 is 0 Å². The van der Waals surface area contributed by atoms with Crippen molar-refractivity contribution in [2.75, 3.05) is 13.2 Å². The molecular weight excluding hydrogens is 278 g/mol. The summed E-state index contributed by atoms with van der Waals surface area (Å²) >= 11 is 0. The minimum Gasteiger partial charge on any atom is -0.486 e. The molecule has 0 bridgehead atoms. The number of benzene rings is 2. The zero-order valence-electron chi connectivity index (χ0n) is 12.8. The summed E-state index contributed by atoms with van der Waals surface area (Å²) in [6.07, 6.45) is 0. The number of hydrogen-bond acceptors (Lipinski definition) is 3. The number of aryl methyl sites for hydroxylation is 2. The van der Waals surface area contributed by atoms with Gasteiger partial charge in [-0.3, -0.25) is 4.79 Å². The van der Waals surface area contributed by atoms with E-state index in [0.717, 1.165) is 28.2 Å². The van der Waals surface area contributed by atoms with Gasteiger partial charge in [0, 0.05) is 12.1 Å². The average Bonchev–Trinajstić information content (AvgIpc) is 2.53. The molecule has 1 N–H and O–H groups in total. The van der Waals surface area contributed by atoms with Crippen LogP contribution in [0.2, 0.25) is 0 Å². The number of fused-ring (bicyclic) bond motifs is 1. The Hall–Kier alpha value is -2.49. The van der Waals surface area contributed by atoms with E-state index in [1.54, 1.807) is 0 Å². The van der Waals surface area contributed by atoms with E-state index in [1.807, 2.05) is 50.2 Å². The third-order valence-electron chi connectivity index (χ3n) is 3.83. The van der Waals surface area contributed by atoms with Crippen molar-refractivity contribution in [2.24, 2.45) is 0 Å². The molecule has 114 valence electrons. The molecule has 22 heavy (non-hydrogen) atoms. The lowest BCUT2D eigenvalue weighted by atomic mass is 10.1. The molecule has 2 aromatic rings. The lowest BCUT2D eigenvalue weighted by molar-refractivity contribution is 0.0950. The Balaban J connectivity index is 1.74. The van der Waals surface area contributed by atoms with Crippen LogP contribution in [0.1, 0.15) is 27.0 Å². The van der Waals surface area contributed by atoms with Crippen molar-refractivity contribution < 1.29 is 14.3 Å². The Morgan fingerprint density at radius 2 is 1.73 bits per heavy atom. The summed E-state index contributed by atoms with van der Waals surface area (Å²) < 4.78 is 11.1. The maximum atomic E-state index is 12.3. The van der Waals surface area contributed by atoms with Gasteiger partial charge in [-0.2, -0.15) is 0 Å². The van der Waals surface area contributed by atoms with Crippen LogP contribution in [0.3, 0.4) is 0 Å². The first-order valence-electron chi connectivity index (χ1n) is 7.38. The fourth-order valence-corrected chi connectivity index (χ4v) is 2.52. The molecule has 1 amide bonds. The fourth-order valence-electron chi connectivity index (χ4n) is 2.52. The zero-order valence-corrected chi connectivity index (χ0v) is 12.8. The second-order valence-corrected chi connectivity index (χ2v) is 5.42. The molecule has 1 aliphatic rings. The molecule has 4 nitrogen and oxygen atoms in total. The van der Waals surface area contributed by atoms with E-state index >= 15 is 0 Å². The SMILES string of the molecule is Cc1cc2c(cc1CNC(=O)c1ccccc1C)OCCO2. The van der Waals surface area contributed by atoms with Crippen LogP contribution in [0.5, 0.6) is 11.5 Å². The van der Waals surface area contributed by atoms with Gasteiger partial charge in [0.2, 0.25) is 0 Å². The Morgan fingerprint density at radius 3 is 2.45 bits per heavy atom. The molecule has 0 spiro atoms. The number of carbonyl (C=O) groups is 1. The summed E-state index contributed by atoms with van der Waals surface area (Å²) in [5, 5.41) is 2.97. The summed E-state index contributed by atoms with van der Waals surface area (Å²) in [4.78, 5) is 12.3. The van der Waals surface area contributed by atoms with Crippen LogP contribution < -0.4 is 14.8 Å². The predicted molar refractivity (Wildman–Crippen MR) is 84.5 cm³/mol. The lowest BCUT2D eigenvalue weighted by Gasteiger charge is -2.20. The van der Waals surface area contributed by atoms with Crippen molar-refractivity contribution >= 4 is 5.91 Å². The standard InChI is InChI=1S/C18H19NO3/c1-12-5-3-4-6-15(12)18(20)19-11-14-10-17-16(9-13(14)2)21-7-8-22-17/h3-6,9-10H,7-8,11H2,1-2H3,(H,19,20). The number of ether oxygens (including phenoxy) is 2. The van der Waals surface area contributed by atoms with Gasteiger partial charge in [-0.1, -0.05) is 18.2 Å². The van der Waals surface area contributed by atoms with Crippen LogP contribution in [0.25, 0.3) is 0 Å². The monoisotopic (exact) mass is 297 g/mol. The van der Waals surface area contributed by atoms with E-state index in [1.165, 1.54) is 0 Å². The zero-order chi connectivity index (χ0) is 15.5. The second-order valence-electron chi connectivity index (χ2n) is 5.42. The summed E-state index contributed by atoms with van der Waals surface area (Å²) in [6, 6.07) is 11.5. The first-order chi connectivity index (χ1) is 10.6. The molecule has 0 unspecified atom stereocenters. The largest absolute Gasteiger partial charge is 0.486 e. The van der Waals surface area contributed by atoms with Crippen molar-refractivity contribution in [1.29, 1.82) is 0 Å². The Bertz CT molecular complexity index is 709. The van der Waals surface area contributed by atoms with E-state index in [2.05, 4.69) is 5.32 Å². The molecule has 0 saturated carbocycles. The molecule has 0 aromatic heterocycles. The average molecular weight is 297 g/mol. The fraction of sp³-hybridized carbons (Fsp3) is 0.278. The first-order valence-corrected chi connectivity index (χ1v) is 7.38. The molecule has 4 heteroatoms. The van der Waals surface area contributed by atoms with Crippen molar-refractivity contribution in [3.05, 3.63) is 58.7 Å². The molecule has 2 aromatic carbocycles. The van der Waals surface area contributed by atoms with Gasteiger partial charge in [-0.15, -0.1) is 0 Å². The van der Waals surface area contributed by atoms with Crippen LogP contribution in [0, 0.1) is 13.8 Å². The Morgan fingerprint density at radius 1 is 1.05 bits per heavy atom. The van der Waals surface area contributed by atoms with Crippen molar-refractivity contribution in [3.63, 3.8) is 0 Å². The number of carbonyl (C=O) groups excluding carboxylic acids is 1. The highest BCUT2D eigenvalue weighted by atomic mass is 16.6. The van der Waals surface area contributed by atoms with E-state index in [0.29, 0.717) is 25.3 Å². The van der Waals surface area contributed by atoms with Gasteiger partial charge in [0.1, 0.15) is 13.2 Å². The number of rotatable bonds is 3. The molecular formula is C18H19NO3. The van der Waals surface area contributed by atoms with Crippen LogP contribution in [0.4, 0.5) is 0 Å². The summed E-state index contributed by atoms with van der Waals surface area (Å²) in [7, 11) is 0. The third kappa shape index (κ3) is 2.91. The van der Waals surface area contributed by atoms with E-state index in [9.17, 15) is 4.79 Å². The van der Waals surface area contributed by atoms with Crippen molar-refractivity contribution in [3.8, 4) is 11.5 Å². The quantitative estimate of drug-likeness (QED) is 0.947. The molecule has 3 rings (SSSR count). The lowest BCUT2D eigenvalue weighted by Crippen LogP contribution is -2.24. The molecule has 0 atom stereocenters. The smallest absolute Gasteiger partial charge is 0.251 e. The highest BCUT2D eigenvalue weighted by molar-refractivity contribution is 5.95. The first kappa shape index (κ1) is 14.4. The number of nitrogens with one attached hydrogen (secondary N) is 1. The maximum absolute atomic E-state index is 12.3. The van der Waals surface area contributed by atoms with Gasteiger partial charge in [-0.25, -0.2) is 0 Å². The third-order valence-corrected chi connectivity index (χ3v) is 3.83. The molecule has 0 saturated heterocycles. The van der Waals surface area contributed by atoms with Gasteiger partial charge in [0.15, 0.2) is 11.5 Å². The number of hydrogen-bond donors (Lipinski definition) is 1. The molecule has 0 aliphatic carbocycles. The van der Waals surface area contributed by atoms with Gasteiger partial charge >= 0.3 is 0 Å². The Labute approximate surface area is 130 Å². The van der Waals surface area contributed by atoms with Crippen LogP contribution in [-0.4, -0.2) is 19.1 Å². The summed E-state index contributed by atoms with van der Waals surface area (Å²) in [5.74, 6) is 1.46. The van der Waals surface area contributed by atoms with Gasteiger partial charge < -0.3 is 14.8 Å². The molecule has 1 aliphatic heterocycles. The normalized spacial score (nSPS) is 12.8. The summed E-state index contributed by atoms with van der Waals surface area (Å²) in [6.45, 7) is 5.55. The predicted octanol–water partition coefficient (Wildman–Crippen LogP) is 3.00. The second kappa shape index (κ2) is 6.10. The Kier molecular flexibility index (Phi) is 4.00. The number of amides is 1. The molecule has 1 heterocycles. The van der Waals surface area contributed by atoms with Gasteiger partial charge in [0.05, 0.1) is 0 Å². The maximum Gasteiger partial charge on any atom is 0.251 e. The van der Waals surface area contributed by atoms with Crippen LogP contribution >= 0.6 is 0 Å². The van der Waals surface area contributed by atoms with Gasteiger partial charge in [0.25, 0.3) is 5.91 Å². The molecule has 0 radical (unpaired) electrons. The minimum absolute atomic E-state index is 0.0626. The van der Waals surface area contributed by atoms with Crippen LogP contribution in [-0.2, 0) is 6.54 Å². The molecule has 0 fully saturated rings. The topological polar surface area (TPSA) is 47.6 Å².